The van der Waals surface area contributed by atoms with Crippen LogP contribution in [0.25, 0.3) is 11.3 Å². The number of thioether (sulfide) groups is 1. The average Bonchev–Trinajstić information content (AvgIpc) is 2.79. The van der Waals surface area contributed by atoms with Crippen LogP contribution in [-0.4, -0.2) is 10.7 Å². The quantitative estimate of drug-likeness (QED) is 0.897. The summed E-state index contributed by atoms with van der Waals surface area (Å²) >= 11 is 1.94. The van der Waals surface area contributed by atoms with E-state index >= 15 is 0 Å². The smallest absolute Gasteiger partial charge is 0.292 e. The number of nitrogens with two attached hydrogens (primary N) is 1. The second-order valence-corrected chi connectivity index (χ2v) is 5.59. The molecular formula is C14H16N2OS. The molecule has 18 heavy (non-hydrogen) atoms. The second-order valence-electron chi connectivity index (χ2n) is 4.45. The molecule has 3 rings (SSSR count). The monoisotopic (exact) mass is 260 g/mol. The molecule has 0 spiro atoms. The first-order chi connectivity index (χ1) is 8.78. The highest BCUT2D eigenvalue weighted by atomic mass is 32.2. The van der Waals surface area contributed by atoms with Gasteiger partial charge >= 0.3 is 0 Å². The molecule has 2 N–H and O–H groups in total. The lowest BCUT2D eigenvalue weighted by Crippen LogP contribution is -1.98. The lowest BCUT2D eigenvalue weighted by atomic mass is 10.0. The minimum absolute atomic E-state index is 0.258. The summed E-state index contributed by atoms with van der Waals surface area (Å²) in [5, 5.41) is 0. The van der Waals surface area contributed by atoms with Gasteiger partial charge in [0, 0.05) is 16.9 Å². The van der Waals surface area contributed by atoms with Gasteiger partial charge in [0.1, 0.15) is 11.5 Å². The van der Waals surface area contributed by atoms with Crippen LogP contribution in [0, 0.1) is 0 Å². The predicted molar refractivity (Wildman–Crippen MR) is 74.8 cm³/mol. The number of anilines is 1. The molecule has 1 aromatic heterocycles. The van der Waals surface area contributed by atoms with Crippen LogP contribution in [0.3, 0.4) is 0 Å². The van der Waals surface area contributed by atoms with Gasteiger partial charge in [-0.25, -0.2) is 0 Å². The zero-order chi connectivity index (χ0) is 12.5. The van der Waals surface area contributed by atoms with Crippen LogP contribution in [0.1, 0.15) is 24.7 Å². The molecule has 4 heteroatoms. The van der Waals surface area contributed by atoms with E-state index in [0.29, 0.717) is 0 Å². The Labute approximate surface area is 111 Å². The maximum Gasteiger partial charge on any atom is 0.292 e. The molecule has 1 aromatic carbocycles. The highest BCUT2D eigenvalue weighted by Gasteiger charge is 2.15. The van der Waals surface area contributed by atoms with Crippen LogP contribution in [0.15, 0.2) is 27.5 Å². The van der Waals surface area contributed by atoms with Crippen LogP contribution < -0.4 is 5.73 Å². The Morgan fingerprint density at radius 2 is 2.33 bits per heavy atom. The Kier molecular flexibility index (Phi) is 3.04. The molecule has 0 unspecified atom stereocenters. The zero-order valence-electron chi connectivity index (χ0n) is 10.4. The van der Waals surface area contributed by atoms with E-state index in [4.69, 9.17) is 10.2 Å². The largest absolute Gasteiger partial charge is 0.428 e. The molecule has 0 bridgehead atoms. The number of aromatic nitrogens is 1. The van der Waals surface area contributed by atoms with Crippen molar-refractivity contribution >= 4 is 17.8 Å². The van der Waals surface area contributed by atoms with E-state index in [1.807, 2.05) is 11.8 Å². The first kappa shape index (κ1) is 11.7. The first-order valence-corrected chi connectivity index (χ1v) is 7.27. The third-order valence-electron chi connectivity index (χ3n) is 3.22. The molecule has 1 aliphatic rings. The zero-order valence-corrected chi connectivity index (χ0v) is 11.2. The fourth-order valence-electron chi connectivity index (χ4n) is 2.34. The Morgan fingerprint density at radius 1 is 1.44 bits per heavy atom. The lowest BCUT2D eigenvalue weighted by Gasteiger charge is -2.15. The van der Waals surface area contributed by atoms with Gasteiger partial charge in [-0.2, -0.15) is 4.98 Å². The first-order valence-electron chi connectivity index (χ1n) is 6.29. The van der Waals surface area contributed by atoms with E-state index in [0.717, 1.165) is 29.9 Å². The van der Waals surface area contributed by atoms with Crippen molar-refractivity contribution in [2.75, 3.05) is 11.5 Å². The van der Waals surface area contributed by atoms with Crippen molar-refractivity contribution in [2.24, 2.45) is 0 Å². The van der Waals surface area contributed by atoms with Crippen molar-refractivity contribution in [3.8, 4) is 11.3 Å². The number of benzene rings is 1. The molecule has 0 amide bonds. The maximum absolute atomic E-state index is 5.65. The van der Waals surface area contributed by atoms with Crippen LogP contribution in [0.4, 0.5) is 6.01 Å². The molecule has 2 aromatic rings. The summed E-state index contributed by atoms with van der Waals surface area (Å²) in [6.07, 6.45) is 3.22. The molecule has 0 aliphatic carbocycles. The van der Waals surface area contributed by atoms with Gasteiger partial charge in [0.2, 0.25) is 0 Å². The number of hydrogen-bond acceptors (Lipinski definition) is 4. The third-order valence-corrected chi connectivity index (χ3v) is 4.42. The number of nitrogens with zero attached hydrogens (tertiary/aromatic N) is 1. The minimum atomic E-state index is 0.258. The summed E-state index contributed by atoms with van der Waals surface area (Å²) in [5.74, 6) is 2.10. The van der Waals surface area contributed by atoms with E-state index in [-0.39, 0.29) is 6.01 Å². The van der Waals surface area contributed by atoms with Gasteiger partial charge in [0.25, 0.3) is 6.01 Å². The molecule has 0 saturated carbocycles. The summed E-state index contributed by atoms with van der Waals surface area (Å²) in [6, 6.07) is 6.80. The second kappa shape index (κ2) is 4.69. The van der Waals surface area contributed by atoms with Crippen molar-refractivity contribution in [1.82, 2.24) is 4.98 Å². The molecule has 0 fully saturated rings. The SMILES string of the molecule is CCc1oc(N)nc1-c1ccc2c(c1)CCCS2. The van der Waals surface area contributed by atoms with E-state index in [2.05, 4.69) is 30.1 Å². The molecule has 1 aliphatic heterocycles. The Hall–Kier alpha value is -1.42. The van der Waals surface area contributed by atoms with Gasteiger partial charge in [0.15, 0.2) is 0 Å². The molecule has 2 heterocycles. The Bertz CT molecular complexity index is 577. The van der Waals surface area contributed by atoms with E-state index < -0.39 is 0 Å². The number of oxazole rings is 1. The lowest BCUT2D eigenvalue weighted by molar-refractivity contribution is 0.530. The Morgan fingerprint density at radius 3 is 3.17 bits per heavy atom. The van der Waals surface area contributed by atoms with E-state index in [1.54, 1.807) is 0 Å². The van der Waals surface area contributed by atoms with Crippen LogP contribution in [-0.2, 0) is 12.8 Å². The molecule has 0 atom stereocenters. The summed E-state index contributed by atoms with van der Waals surface area (Å²) in [5.41, 5.74) is 9.09. The van der Waals surface area contributed by atoms with Gasteiger partial charge in [-0.1, -0.05) is 13.0 Å². The van der Waals surface area contributed by atoms with E-state index in [9.17, 15) is 0 Å². The normalized spacial score (nSPS) is 14.5. The van der Waals surface area contributed by atoms with Gasteiger partial charge in [-0.05, 0) is 36.3 Å². The predicted octanol–water partition coefficient (Wildman–Crippen LogP) is 3.52. The summed E-state index contributed by atoms with van der Waals surface area (Å²) in [7, 11) is 0. The number of fused-ring (bicyclic) bond motifs is 1. The molecule has 0 radical (unpaired) electrons. The standard InChI is InChI=1S/C14H16N2OS/c1-2-11-13(16-14(15)17-11)10-5-6-12-9(8-10)4-3-7-18-12/h5-6,8H,2-4,7H2,1H3,(H2,15,16). The van der Waals surface area contributed by atoms with Gasteiger partial charge in [-0.3, -0.25) is 0 Å². The third kappa shape index (κ3) is 2.01. The minimum Gasteiger partial charge on any atom is -0.428 e. The van der Waals surface area contributed by atoms with Crippen LogP contribution >= 0.6 is 11.8 Å². The van der Waals surface area contributed by atoms with Crippen LogP contribution in [0.2, 0.25) is 0 Å². The topological polar surface area (TPSA) is 52.0 Å². The fourth-order valence-corrected chi connectivity index (χ4v) is 3.36. The number of rotatable bonds is 2. The molecule has 3 nitrogen and oxygen atoms in total. The Balaban J connectivity index is 2.06. The molecule has 94 valence electrons. The summed E-state index contributed by atoms with van der Waals surface area (Å²) in [4.78, 5) is 5.71. The number of aryl methyl sites for hydroxylation is 2. The van der Waals surface area contributed by atoms with Crippen molar-refractivity contribution in [2.45, 2.75) is 31.1 Å². The van der Waals surface area contributed by atoms with Crippen molar-refractivity contribution < 1.29 is 4.42 Å². The highest BCUT2D eigenvalue weighted by molar-refractivity contribution is 7.99. The fraction of sp³-hybridized carbons (Fsp3) is 0.357. The number of hydrogen-bond donors (Lipinski definition) is 1. The van der Waals surface area contributed by atoms with E-state index in [1.165, 1.54) is 22.6 Å². The van der Waals surface area contributed by atoms with Crippen molar-refractivity contribution in [1.29, 1.82) is 0 Å². The van der Waals surface area contributed by atoms with Crippen molar-refractivity contribution in [3.63, 3.8) is 0 Å². The van der Waals surface area contributed by atoms with Gasteiger partial charge < -0.3 is 10.2 Å². The average molecular weight is 260 g/mol. The summed E-state index contributed by atoms with van der Waals surface area (Å²) in [6.45, 7) is 2.05. The number of nitrogen functional groups attached to an aromatic ring is 1. The van der Waals surface area contributed by atoms with Gasteiger partial charge in [-0.15, -0.1) is 11.8 Å². The summed E-state index contributed by atoms with van der Waals surface area (Å²) < 4.78 is 5.42. The molecule has 0 saturated heterocycles. The maximum atomic E-state index is 5.65. The van der Waals surface area contributed by atoms with Crippen LogP contribution in [0.5, 0.6) is 0 Å². The molecular weight excluding hydrogens is 244 g/mol. The van der Waals surface area contributed by atoms with Gasteiger partial charge in [0.05, 0.1) is 0 Å². The van der Waals surface area contributed by atoms with Crippen molar-refractivity contribution in [3.05, 3.63) is 29.5 Å². The highest BCUT2D eigenvalue weighted by Crippen LogP contribution is 2.34.